The first-order valence-electron chi connectivity index (χ1n) is 12.0. The van der Waals surface area contributed by atoms with Gasteiger partial charge in [0.15, 0.2) is 0 Å². The third kappa shape index (κ3) is 3.96. The Morgan fingerprint density at radius 1 is 1.16 bits per heavy atom. The number of likely N-dealkylation sites (tertiary alicyclic amines) is 1. The molecule has 170 valence electrons. The predicted molar refractivity (Wildman–Crippen MR) is 129 cm³/mol. The van der Waals surface area contributed by atoms with Gasteiger partial charge in [0.25, 0.3) is 0 Å². The third-order valence-corrected chi connectivity index (χ3v) is 8.20. The molecule has 3 aliphatic carbocycles. The molecule has 6 heteroatoms. The van der Waals surface area contributed by atoms with Crippen LogP contribution in [0.3, 0.4) is 0 Å². The Bertz CT molecular complexity index is 1010. The van der Waals surface area contributed by atoms with Gasteiger partial charge in [0.05, 0.1) is 12.2 Å². The van der Waals surface area contributed by atoms with E-state index in [2.05, 4.69) is 40.6 Å². The lowest BCUT2D eigenvalue weighted by molar-refractivity contribution is -0.0115. The Morgan fingerprint density at radius 2 is 1.94 bits per heavy atom. The Kier molecular flexibility index (Phi) is 5.58. The molecule has 2 fully saturated rings. The van der Waals surface area contributed by atoms with Crippen molar-refractivity contribution < 1.29 is 4.79 Å². The number of hydrogen-bond donors (Lipinski definition) is 2. The summed E-state index contributed by atoms with van der Waals surface area (Å²) in [7, 11) is 0. The van der Waals surface area contributed by atoms with Gasteiger partial charge in [-0.2, -0.15) is 5.10 Å². The van der Waals surface area contributed by atoms with E-state index in [4.69, 9.17) is 0 Å². The number of carbonyl (C=O) groups is 1. The first-order chi connectivity index (χ1) is 15.4. The second-order valence-corrected chi connectivity index (χ2v) is 10.4. The standard InChI is InChI=1S/C26H35N5O/c1-18-6-4-5-7-23(18)28-25(32)29-24-10-13-27-31(24)21-11-14-30(15-12-21)17-19-8-9-20-16-22(19)26(20,2)3/h4-8,10,13,20-22H,9,11-12,14-17H2,1-3H3,(H2,28,29,32)/t20-,22-/m0/s1. The molecule has 4 aliphatic rings. The molecule has 32 heavy (non-hydrogen) atoms. The van der Waals surface area contributed by atoms with E-state index in [0.717, 1.165) is 61.4 Å². The normalized spacial score (nSPS) is 25.0. The van der Waals surface area contributed by atoms with Crippen LogP contribution in [0.1, 0.15) is 51.1 Å². The second-order valence-electron chi connectivity index (χ2n) is 10.4. The minimum atomic E-state index is -0.232. The monoisotopic (exact) mass is 433 g/mol. The van der Waals surface area contributed by atoms with Crippen molar-refractivity contribution in [3.05, 3.63) is 53.7 Å². The maximum atomic E-state index is 12.5. The van der Waals surface area contributed by atoms with Crippen molar-refractivity contribution in [1.82, 2.24) is 14.7 Å². The van der Waals surface area contributed by atoms with Crippen molar-refractivity contribution in [2.45, 2.75) is 52.5 Å². The van der Waals surface area contributed by atoms with Crippen LogP contribution in [0.15, 0.2) is 48.2 Å². The number of para-hydroxylation sites is 1. The molecular weight excluding hydrogens is 398 g/mol. The molecule has 2 amide bonds. The van der Waals surface area contributed by atoms with Gasteiger partial charge in [0.2, 0.25) is 0 Å². The third-order valence-electron chi connectivity index (χ3n) is 8.20. The topological polar surface area (TPSA) is 62.2 Å². The van der Waals surface area contributed by atoms with Crippen LogP contribution >= 0.6 is 0 Å². The van der Waals surface area contributed by atoms with Gasteiger partial charge in [-0.25, -0.2) is 9.48 Å². The summed E-state index contributed by atoms with van der Waals surface area (Å²) in [5.41, 5.74) is 4.03. The van der Waals surface area contributed by atoms with Gasteiger partial charge >= 0.3 is 6.03 Å². The van der Waals surface area contributed by atoms with Gasteiger partial charge in [0.1, 0.15) is 5.82 Å². The number of fused-ring (bicyclic) bond motifs is 1. The fourth-order valence-corrected chi connectivity index (χ4v) is 5.92. The number of allylic oxidation sites excluding steroid dienone is 1. The number of hydrogen-bond acceptors (Lipinski definition) is 3. The number of rotatable bonds is 5. The highest BCUT2D eigenvalue weighted by Gasteiger charge is 2.51. The number of carbonyl (C=O) groups excluding carboxylic acids is 1. The van der Waals surface area contributed by atoms with Crippen molar-refractivity contribution in [3.63, 3.8) is 0 Å². The van der Waals surface area contributed by atoms with E-state index < -0.39 is 0 Å². The first-order valence-corrected chi connectivity index (χ1v) is 12.0. The molecule has 1 saturated heterocycles. The number of piperidine rings is 1. The van der Waals surface area contributed by atoms with Crippen LogP contribution in [-0.4, -0.2) is 40.3 Å². The number of anilines is 2. The molecule has 1 saturated carbocycles. The zero-order valence-electron chi connectivity index (χ0n) is 19.5. The number of aryl methyl sites for hydroxylation is 1. The Morgan fingerprint density at radius 3 is 2.66 bits per heavy atom. The van der Waals surface area contributed by atoms with Crippen LogP contribution in [0.2, 0.25) is 0 Å². The minimum Gasteiger partial charge on any atom is -0.307 e. The molecule has 1 aromatic heterocycles. The van der Waals surface area contributed by atoms with E-state index in [1.54, 1.807) is 11.8 Å². The molecular formula is C26H35N5O. The van der Waals surface area contributed by atoms with Crippen molar-refractivity contribution in [3.8, 4) is 0 Å². The average Bonchev–Trinajstić information content (AvgIpc) is 3.24. The summed E-state index contributed by atoms with van der Waals surface area (Å²) < 4.78 is 1.99. The van der Waals surface area contributed by atoms with E-state index in [1.807, 2.05) is 41.9 Å². The molecule has 2 N–H and O–H groups in total. The lowest BCUT2D eigenvalue weighted by Crippen LogP contribution is -2.50. The number of nitrogens with zero attached hydrogens (tertiary/aromatic N) is 3. The molecule has 1 aliphatic heterocycles. The summed E-state index contributed by atoms with van der Waals surface area (Å²) in [6.07, 6.45) is 9.07. The number of nitrogens with one attached hydrogen (secondary N) is 2. The summed E-state index contributed by atoms with van der Waals surface area (Å²) in [6, 6.07) is 9.76. The Labute approximate surface area is 191 Å². The molecule has 2 heterocycles. The van der Waals surface area contributed by atoms with Gasteiger partial charge in [-0.3, -0.25) is 10.2 Å². The zero-order chi connectivity index (χ0) is 22.3. The maximum Gasteiger partial charge on any atom is 0.324 e. The van der Waals surface area contributed by atoms with E-state index in [-0.39, 0.29) is 6.03 Å². The quantitative estimate of drug-likeness (QED) is 0.615. The highest BCUT2D eigenvalue weighted by molar-refractivity contribution is 5.99. The van der Waals surface area contributed by atoms with Crippen LogP contribution in [-0.2, 0) is 0 Å². The molecule has 6 nitrogen and oxygen atoms in total. The highest BCUT2D eigenvalue weighted by Crippen LogP contribution is 2.59. The highest BCUT2D eigenvalue weighted by atomic mass is 16.2. The number of amides is 2. The van der Waals surface area contributed by atoms with Crippen LogP contribution in [0.5, 0.6) is 0 Å². The first kappa shape index (κ1) is 21.3. The molecule has 2 atom stereocenters. The molecule has 0 spiro atoms. The molecule has 0 radical (unpaired) electrons. The number of aromatic nitrogens is 2. The van der Waals surface area contributed by atoms with Gasteiger partial charge in [-0.15, -0.1) is 0 Å². The lowest BCUT2D eigenvalue weighted by Gasteiger charge is -2.57. The summed E-state index contributed by atoms with van der Waals surface area (Å²) >= 11 is 0. The lowest BCUT2D eigenvalue weighted by atomic mass is 9.49. The van der Waals surface area contributed by atoms with Crippen LogP contribution in [0.25, 0.3) is 0 Å². The average molecular weight is 434 g/mol. The summed E-state index contributed by atoms with van der Waals surface area (Å²) in [5, 5.41) is 10.5. The fourth-order valence-electron chi connectivity index (χ4n) is 5.92. The summed E-state index contributed by atoms with van der Waals surface area (Å²) in [6.45, 7) is 10.2. The van der Waals surface area contributed by atoms with E-state index in [1.165, 1.54) is 12.8 Å². The maximum absolute atomic E-state index is 12.5. The van der Waals surface area contributed by atoms with Crippen molar-refractivity contribution >= 4 is 17.5 Å². The van der Waals surface area contributed by atoms with Gasteiger partial charge in [0, 0.05) is 31.4 Å². The van der Waals surface area contributed by atoms with Crippen molar-refractivity contribution in [2.24, 2.45) is 17.3 Å². The molecule has 1 aromatic carbocycles. The summed E-state index contributed by atoms with van der Waals surface area (Å²) in [5.74, 6) is 2.44. The molecule has 0 unspecified atom stereocenters. The largest absolute Gasteiger partial charge is 0.324 e. The van der Waals surface area contributed by atoms with Crippen LogP contribution < -0.4 is 10.6 Å². The van der Waals surface area contributed by atoms with E-state index >= 15 is 0 Å². The SMILES string of the molecule is Cc1ccccc1NC(=O)Nc1ccnn1C1CCN(CC2=CC[C@H]3C[C@@H]2C3(C)C)CC1. The summed E-state index contributed by atoms with van der Waals surface area (Å²) in [4.78, 5) is 15.2. The van der Waals surface area contributed by atoms with Crippen LogP contribution in [0.4, 0.5) is 16.3 Å². The fraction of sp³-hybridized carbons (Fsp3) is 0.538. The number of urea groups is 1. The van der Waals surface area contributed by atoms with Crippen LogP contribution in [0, 0.1) is 24.2 Å². The Hall–Kier alpha value is -2.60. The smallest absolute Gasteiger partial charge is 0.307 e. The molecule has 2 bridgehead atoms. The molecule has 6 rings (SSSR count). The number of benzene rings is 1. The molecule has 2 aromatic rings. The van der Waals surface area contributed by atoms with Gasteiger partial charge < -0.3 is 5.32 Å². The Balaban J connectivity index is 1.16. The predicted octanol–water partition coefficient (Wildman–Crippen LogP) is 5.46. The van der Waals surface area contributed by atoms with Gasteiger partial charge in [-0.05, 0) is 61.5 Å². The van der Waals surface area contributed by atoms with Gasteiger partial charge in [-0.1, -0.05) is 43.7 Å². The second kappa shape index (κ2) is 8.39. The van der Waals surface area contributed by atoms with E-state index in [0.29, 0.717) is 11.5 Å². The van der Waals surface area contributed by atoms with E-state index in [9.17, 15) is 4.79 Å². The van der Waals surface area contributed by atoms with Crippen molar-refractivity contribution in [2.75, 3.05) is 30.3 Å². The minimum absolute atomic E-state index is 0.232. The zero-order valence-corrected chi connectivity index (χ0v) is 19.5. The van der Waals surface area contributed by atoms with Crippen molar-refractivity contribution in [1.29, 1.82) is 0 Å².